The van der Waals surface area contributed by atoms with Crippen molar-refractivity contribution in [1.29, 1.82) is 5.26 Å². The summed E-state index contributed by atoms with van der Waals surface area (Å²) < 4.78 is 0. The van der Waals surface area contributed by atoms with Gasteiger partial charge in [-0.3, -0.25) is 4.79 Å². The Balaban J connectivity index is 1.79. The number of carbonyl (C=O) groups is 1. The van der Waals surface area contributed by atoms with E-state index < -0.39 is 5.60 Å². The van der Waals surface area contributed by atoms with Crippen LogP contribution < -0.4 is 5.32 Å². The number of rotatable bonds is 4. The zero-order valence-electron chi connectivity index (χ0n) is 12.3. The molecule has 0 saturated carbocycles. The first-order valence-electron chi connectivity index (χ1n) is 7.24. The van der Waals surface area contributed by atoms with Crippen LogP contribution in [0, 0.1) is 11.3 Å². The normalized spacial score (nSPS) is 18.0. The predicted octanol–water partition coefficient (Wildman–Crippen LogP) is 1.73. The second-order valence-corrected chi connectivity index (χ2v) is 5.79. The lowest BCUT2D eigenvalue weighted by Crippen LogP contribution is -2.43. The molecule has 1 aromatic carbocycles. The van der Waals surface area contributed by atoms with Gasteiger partial charge in [-0.15, -0.1) is 0 Å². The van der Waals surface area contributed by atoms with E-state index in [0.29, 0.717) is 24.2 Å². The first kappa shape index (κ1) is 15.5. The number of nitrogens with one attached hydrogen (secondary N) is 1. The molecule has 0 spiro atoms. The molecule has 1 heterocycles. The van der Waals surface area contributed by atoms with E-state index in [-0.39, 0.29) is 5.91 Å². The number of likely N-dealkylation sites (tertiary alicyclic amines) is 1. The fourth-order valence-corrected chi connectivity index (χ4v) is 2.42. The minimum Gasteiger partial charge on any atom is -0.390 e. The highest BCUT2D eigenvalue weighted by atomic mass is 16.3. The number of hydrogen-bond donors (Lipinski definition) is 2. The van der Waals surface area contributed by atoms with Gasteiger partial charge in [0.1, 0.15) is 6.07 Å². The van der Waals surface area contributed by atoms with Crippen molar-refractivity contribution < 1.29 is 9.90 Å². The van der Waals surface area contributed by atoms with Gasteiger partial charge in [-0.05, 0) is 31.9 Å². The largest absolute Gasteiger partial charge is 0.390 e. The number of piperidine rings is 1. The molecule has 112 valence electrons. The summed E-state index contributed by atoms with van der Waals surface area (Å²) in [7, 11) is 0. The van der Waals surface area contributed by atoms with Crippen molar-refractivity contribution in [2.45, 2.75) is 31.8 Å². The minimum absolute atomic E-state index is 0.0879. The van der Waals surface area contributed by atoms with Gasteiger partial charge in [0.15, 0.2) is 0 Å². The second-order valence-electron chi connectivity index (χ2n) is 5.79. The molecule has 1 saturated heterocycles. The van der Waals surface area contributed by atoms with Gasteiger partial charge in [-0.1, -0.05) is 12.1 Å². The van der Waals surface area contributed by atoms with Crippen LogP contribution in [-0.2, 0) is 4.79 Å². The number of amides is 1. The van der Waals surface area contributed by atoms with Crippen molar-refractivity contribution in [3.63, 3.8) is 0 Å². The average Bonchev–Trinajstić information content (AvgIpc) is 2.47. The Kier molecular flexibility index (Phi) is 4.94. The van der Waals surface area contributed by atoms with Crippen LogP contribution in [0.2, 0.25) is 0 Å². The van der Waals surface area contributed by atoms with E-state index in [1.165, 1.54) is 0 Å². The molecular weight excluding hydrogens is 266 g/mol. The number of aliphatic hydroxyl groups is 1. The summed E-state index contributed by atoms with van der Waals surface area (Å²) in [6, 6.07) is 9.04. The van der Waals surface area contributed by atoms with Gasteiger partial charge in [0.05, 0.1) is 16.9 Å². The summed E-state index contributed by atoms with van der Waals surface area (Å²) in [5.74, 6) is -0.0879. The van der Waals surface area contributed by atoms with Crippen LogP contribution in [0.5, 0.6) is 0 Å². The molecule has 1 fully saturated rings. The van der Waals surface area contributed by atoms with Gasteiger partial charge in [-0.25, -0.2) is 0 Å². The highest BCUT2D eigenvalue weighted by molar-refractivity contribution is 5.92. The molecule has 0 unspecified atom stereocenters. The van der Waals surface area contributed by atoms with Crippen molar-refractivity contribution in [3.8, 4) is 6.07 Å². The maximum atomic E-state index is 12.0. The zero-order chi connectivity index (χ0) is 15.3. The topological polar surface area (TPSA) is 76.4 Å². The molecule has 0 bridgehead atoms. The van der Waals surface area contributed by atoms with Crippen molar-refractivity contribution in [2.75, 3.05) is 25.0 Å². The molecule has 0 aromatic heterocycles. The lowest BCUT2D eigenvalue weighted by molar-refractivity contribution is -0.116. The summed E-state index contributed by atoms with van der Waals surface area (Å²) in [6.45, 7) is 4.16. The van der Waals surface area contributed by atoms with Crippen molar-refractivity contribution in [1.82, 2.24) is 4.90 Å². The fourth-order valence-electron chi connectivity index (χ4n) is 2.42. The van der Waals surface area contributed by atoms with E-state index in [1.54, 1.807) is 24.3 Å². The number of anilines is 1. The van der Waals surface area contributed by atoms with Gasteiger partial charge in [0, 0.05) is 26.1 Å². The predicted molar refractivity (Wildman–Crippen MR) is 80.7 cm³/mol. The van der Waals surface area contributed by atoms with E-state index in [4.69, 9.17) is 5.26 Å². The van der Waals surface area contributed by atoms with Crippen molar-refractivity contribution in [2.24, 2.45) is 0 Å². The average molecular weight is 287 g/mol. The van der Waals surface area contributed by atoms with Crippen LogP contribution in [-0.4, -0.2) is 41.1 Å². The maximum absolute atomic E-state index is 12.0. The maximum Gasteiger partial charge on any atom is 0.225 e. The van der Waals surface area contributed by atoms with Crippen molar-refractivity contribution >= 4 is 11.6 Å². The van der Waals surface area contributed by atoms with E-state index in [1.807, 2.05) is 6.92 Å². The van der Waals surface area contributed by atoms with Crippen LogP contribution in [0.25, 0.3) is 0 Å². The number of benzene rings is 1. The molecule has 21 heavy (non-hydrogen) atoms. The third kappa shape index (κ3) is 4.55. The number of carbonyl (C=O) groups excluding carboxylic acids is 1. The molecule has 1 aliphatic heterocycles. The third-order valence-corrected chi connectivity index (χ3v) is 3.91. The quantitative estimate of drug-likeness (QED) is 0.884. The fraction of sp³-hybridized carbons (Fsp3) is 0.500. The molecule has 1 aromatic rings. The molecule has 1 aliphatic rings. The van der Waals surface area contributed by atoms with Gasteiger partial charge >= 0.3 is 0 Å². The standard InChI is InChI=1S/C16H21N3O2/c1-16(21)7-10-19(11-8-16)9-6-15(20)18-14-5-3-2-4-13(14)12-17/h2-5,21H,6-11H2,1H3,(H,18,20). The molecule has 5 heteroatoms. The molecule has 0 radical (unpaired) electrons. The van der Waals surface area contributed by atoms with Crippen LogP contribution >= 0.6 is 0 Å². The zero-order valence-corrected chi connectivity index (χ0v) is 12.3. The molecule has 5 nitrogen and oxygen atoms in total. The Labute approximate surface area is 125 Å². The second kappa shape index (κ2) is 6.70. The van der Waals surface area contributed by atoms with Crippen LogP contribution in [0.1, 0.15) is 31.7 Å². The lowest BCUT2D eigenvalue weighted by Gasteiger charge is -2.35. The number of para-hydroxylation sites is 1. The van der Waals surface area contributed by atoms with Gasteiger partial charge < -0.3 is 15.3 Å². The third-order valence-electron chi connectivity index (χ3n) is 3.91. The molecule has 0 aliphatic carbocycles. The lowest BCUT2D eigenvalue weighted by atomic mass is 9.94. The summed E-state index contributed by atoms with van der Waals surface area (Å²) in [5, 5.41) is 21.6. The SMILES string of the molecule is CC1(O)CCN(CCC(=O)Nc2ccccc2C#N)CC1. The summed E-state index contributed by atoms with van der Waals surface area (Å²) in [5.41, 5.74) is 0.469. The summed E-state index contributed by atoms with van der Waals surface area (Å²) >= 11 is 0. The smallest absolute Gasteiger partial charge is 0.225 e. The highest BCUT2D eigenvalue weighted by Gasteiger charge is 2.27. The van der Waals surface area contributed by atoms with E-state index in [2.05, 4.69) is 16.3 Å². The highest BCUT2D eigenvalue weighted by Crippen LogP contribution is 2.21. The monoisotopic (exact) mass is 287 g/mol. The minimum atomic E-state index is -0.565. The molecule has 0 atom stereocenters. The Morgan fingerprint density at radius 1 is 1.43 bits per heavy atom. The van der Waals surface area contributed by atoms with Crippen molar-refractivity contribution in [3.05, 3.63) is 29.8 Å². The molecule has 2 N–H and O–H groups in total. The number of hydrogen-bond acceptors (Lipinski definition) is 4. The molecular formula is C16H21N3O2. The van der Waals surface area contributed by atoms with Crippen LogP contribution in [0.3, 0.4) is 0 Å². The molecule has 2 rings (SSSR count). The van der Waals surface area contributed by atoms with E-state index in [0.717, 1.165) is 25.9 Å². The first-order chi connectivity index (χ1) is 10.00. The Morgan fingerprint density at radius 2 is 2.10 bits per heavy atom. The first-order valence-corrected chi connectivity index (χ1v) is 7.24. The summed E-state index contributed by atoms with van der Waals surface area (Å²) in [4.78, 5) is 14.1. The van der Waals surface area contributed by atoms with E-state index in [9.17, 15) is 9.90 Å². The van der Waals surface area contributed by atoms with Gasteiger partial charge in [0.2, 0.25) is 5.91 Å². The summed E-state index contributed by atoms with van der Waals surface area (Å²) in [6.07, 6.45) is 1.87. The number of nitriles is 1. The Hall–Kier alpha value is -1.90. The molecule has 1 amide bonds. The van der Waals surface area contributed by atoms with Gasteiger partial charge in [-0.2, -0.15) is 5.26 Å². The van der Waals surface area contributed by atoms with Crippen LogP contribution in [0.15, 0.2) is 24.3 Å². The van der Waals surface area contributed by atoms with Crippen LogP contribution in [0.4, 0.5) is 5.69 Å². The Bertz CT molecular complexity index is 539. The Morgan fingerprint density at radius 3 is 2.76 bits per heavy atom. The van der Waals surface area contributed by atoms with E-state index >= 15 is 0 Å². The van der Waals surface area contributed by atoms with Gasteiger partial charge in [0.25, 0.3) is 0 Å². The number of nitrogens with zero attached hydrogens (tertiary/aromatic N) is 2.